The van der Waals surface area contributed by atoms with Crippen LogP contribution < -0.4 is 9.57 Å². The number of aromatic nitrogens is 5. The summed E-state index contributed by atoms with van der Waals surface area (Å²) < 4.78 is 10.7. The van der Waals surface area contributed by atoms with Crippen molar-refractivity contribution in [2.75, 3.05) is 20.3 Å². The van der Waals surface area contributed by atoms with E-state index in [1.807, 2.05) is 60.7 Å². The fourth-order valence-electron chi connectivity index (χ4n) is 4.04. The van der Waals surface area contributed by atoms with Gasteiger partial charge in [0, 0.05) is 18.2 Å². The average molecular weight is 550 g/mol. The molecule has 0 saturated heterocycles. The third-order valence-electron chi connectivity index (χ3n) is 6.16. The Morgan fingerprint density at radius 1 is 0.725 bits per heavy atom. The summed E-state index contributed by atoms with van der Waals surface area (Å²) in [7, 11) is 1.65. The third kappa shape index (κ3) is 5.44. The number of carbonyl (C=O) groups is 1. The number of rotatable bonds is 9. The Bertz CT molecular complexity index is 1750. The zero-order chi connectivity index (χ0) is 27.3. The Balaban J connectivity index is 1.11. The first-order chi connectivity index (χ1) is 19.7. The monoisotopic (exact) mass is 549 g/mol. The van der Waals surface area contributed by atoms with E-state index >= 15 is 0 Å². The molecule has 0 bridgehead atoms. The zero-order valence-electron chi connectivity index (χ0n) is 21.4. The van der Waals surface area contributed by atoms with E-state index < -0.39 is 5.97 Å². The molecule has 0 atom stereocenters. The van der Waals surface area contributed by atoms with Crippen LogP contribution in [0.2, 0.25) is 0 Å². The molecule has 0 N–H and O–H groups in total. The molecule has 6 aromatic rings. The van der Waals surface area contributed by atoms with Gasteiger partial charge in [-0.2, -0.15) is 0 Å². The first-order valence-electron chi connectivity index (χ1n) is 12.5. The number of fused-ring (bicyclic) bond motifs is 1. The second-order valence-electron chi connectivity index (χ2n) is 8.76. The number of methoxy groups -OCH3 is 1. The minimum absolute atomic E-state index is 0.387. The van der Waals surface area contributed by atoms with Crippen LogP contribution in [0.1, 0.15) is 10.4 Å². The maximum absolute atomic E-state index is 12.6. The van der Waals surface area contributed by atoms with E-state index in [1.54, 1.807) is 31.4 Å². The van der Waals surface area contributed by atoms with E-state index in [2.05, 4.69) is 32.6 Å². The molecule has 0 spiro atoms. The lowest BCUT2D eigenvalue weighted by atomic mass is 10.0. The Morgan fingerprint density at radius 3 is 2.00 bits per heavy atom. The number of benzene rings is 4. The molecule has 198 valence electrons. The van der Waals surface area contributed by atoms with Crippen LogP contribution >= 0.6 is 11.3 Å². The molecule has 2 heterocycles. The standard InChI is InChI=1S/C30H23N5O4S/c1-37-18-19-38-25-16-14-21(15-17-25)20-6-8-22(9-7-20)28-32-33-29(40-28)23-10-12-24(13-11-23)30(36)39-35-27-5-3-2-4-26(27)31-34-35/h2-17H,18-19H2,1H3. The Morgan fingerprint density at radius 2 is 1.32 bits per heavy atom. The third-order valence-corrected chi connectivity index (χ3v) is 7.18. The van der Waals surface area contributed by atoms with Crippen LogP contribution in [0.5, 0.6) is 5.75 Å². The Hall–Kier alpha value is -4.93. The van der Waals surface area contributed by atoms with Crippen molar-refractivity contribution in [3.8, 4) is 38.0 Å². The smallest absolute Gasteiger partial charge is 0.365 e. The van der Waals surface area contributed by atoms with E-state index in [0.717, 1.165) is 42.9 Å². The van der Waals surface area contributed by atoms with Gasteiger partial charge < -0.3 is 14.3 Å². The van der Waals surface area contributed by atoms with Gasteiger partial charge in [-0.3, -0.25) is 0 Å². The first-order valence-corrected chi connectivity index (χ1v) is 13.3. The van der Waals surface area contributed by atoms with Gasteiger partial charge in [-0.1, -0.05) is 76.8 Å². The molecule has 0 aliphatic carbocycles. The van der Waals surface area contributed by atoms with Gasteiger partial charge in [0.05, 0.1) is 12.2 Å². The molecule has 9 nitrogen and oxygen atoms in total. The molecule has 0 saturated carbocycles. The van der Waals surface area contributed by atoms with Gasteiger partial charge in [-0.15, -0.1) is 15.3 Å². The number of para-hydroxylation sites is 1. The Kier molecular flexibility index (Phi) is 7.25. The quantitative estimate of drug-likeness (QED) is 0.170. The van der Waals surface area contributed by atoms with E-state index in [0.29, 0.717) is 29.8 Å². The van der Waals surface area contributed by atoms with Crippen molar-refractivity contribution in [2.24, 2.45) is 0 Å². The van der Waals surface area contributed by atoms with Crippen LogP contribution in [0, 0.1) is 0 Å². The summed E-state index contributed by atoms with van der Waals surface area (Å²) in [5.74, 6) is 0.279. The summed E-state index contributed by atoms with van der Waals surface area (Å²) in [6.45, 7) is 1.08. The molecule has 0 radical (unpaired) electrons. The molecule has 0 aliphatic heterocycles. The van der Waals surface area contributed by atoms with Crippen molar-refractivity contribution in [2.45, 2.75) is 0 Å². The largest absolute Gasteiger partial charge is 0.491 e. The molecular formula is C30H23N5O4S. The summed E-state index contributed by atoms with van der Waals surface area (Å²) in [6, 6.07) is 30.5. The highest BCUT2D eigenvalue weighted by Crippen LogP contribution is 2.32. The minimum Gasteiger partial charge on any atom is -0.491 e. The van der Waals surface area contributed by atoms with Crippen molar-refractivity contribution in [1.29, 1.82) is 0 Å². The molecule has 2 aromatic heterocycles. The highest BCUT2D eigenvalue weighted by Gasteiger charge is 2.14. The Labute approximate surface area is 233 Å². The van der Waals surface area contributed by atoms with Gasteiger partial charge in [0.1, 0.15) is 33.4 Å². The topological polar surface area (TPSA) is 101 Å². The molecule has 0 aliphatic rings. The van der Waals surface area contributed by atoms with Crippen molar-refractivity contribution in [3.05, 3.63) is 103 Å². The van der Waals surface area contributed by atoms with Gasteiger partial charge in [-0.05, 0) is 52.7 Å². The van der Waals surface area contributed by atoms with Crippen LogP contribution in [0.25, 0.3) is 43.3 Å². The number of hydrogen-bond donors (Lipinski definition) is 0. The number of nitrogens with zero attached hydrogens (tertiary/aromatic N) is 5. The van der Waals surface area contributed by atoms with Crippen LogP contribution in [0.4, 0.5) is 0 Å². The summed E-state index contributed by atoms with van der Waals surface area (Å²) >= 11 is 1.48. The van der Waals surface area contributed by atoms with Crippen molar-refractivity contribution >= 4 is 28.3 Å². The van der Waals surface area contributed by atoms with Crippen LogP contribution in [0.3, 0.4) is 0 Å². The zero-order valence-corrected chi connectivity index (χ0v) is 22.2. The normalized spacial score (nSPS) is 11.0. The lowest BCUT2D eigenvalue weighted by Crippen LogP contribution is -2.20. The van der Waals surface area contributed by atoms with Crippen molar-refractivity contribution in [1.82, 2.24) is 25.4 Å². The molecule has 0 unspecified atom stereocenters. The minimum atomic E-state index is -0.534. The van der Waals surface area contributed by atoms with Crippen LogP contribution in [-0.4, -0.2) is 51.6 Å². The highest BCUT2D eigenvalue weighted by atomic mass is 32.1. The van der Waals surface area contributed by atoms with Crippen molar-refractivity contribution < 1.29 is 19.1 Å². The molecule has 10 heteroatoms. The fourth-order valence-corrected chi connectivity index (χ4v) is 4.90. The molecule has 0 amide bonds. The summed E-state index contributed by atoms with van der Waals surface area (Å²) in [5, 5.41) is 18.2. The molecule has 4 aromatic carbocycles. The molecule has 6 rings (SSSR count). The lowest BCUT2D eigenvalue weighted by molar-refractivity contribution is 0.0409. The molecule has 0 fully saturated rings. The lowest BCUT2D eigenvalue weighted by Gasteiger charge is -2.07. The summed E-state index contributed by atoms with van der Waals surface area (Å²) in [6.07, 6.45) is 0. The number of carbonyl (C=O) groups excluding carboxylic acids is 1. The molecule has 40 heavy (non-hydrogen) atoms. The second kappa shape index (κ2) is 11.4. The maximum Gasteiger partial charge on any atom is 0.365 e. The summed E-state index contributed by atoms with van der Waals surface area (Å²) in [4.78, 5) is 19.2. The fraction of sp³-hybridized carbons (Fsp3) is 0.100. The van der Waals surface area contributed by atoms with Crippen LogP contribution in [0.15, 0.2) is 97.1 Å². The van der Waals surface area contributed by atoms with Gasteiger partial charge in [-0.25, -0.2) is 4.79 Å². The number of ether oxygens (including phenoxy) is 2. The van der Waals surface area contributed by atoms with Gasteiger partial charge in [0.15, 0.2) is 0 Å². The number of hydrogen-bond acceptors (Lipinski definition) is 9. The first kappa shape index (κ1) is 25.4. The average Bonchev–Trinajstić information content (AvgIpc) is 3.66. The highest BCUT2D eigenvalue weighted by molar-refractivity contribution is 7.17. The van der Waals surface area contributed by atoms with E-state index in [1.165, 1.54) is 11.3 Å². The van der Waals surface area contributed by atoms with Crippen molar-refractivity contribution in [3.63, 3.8) is 0 Å². The maximum atomic E-state index is 12.6. The predicted molar refractivity (Wildman–Crippen MR) is 152 cm³/mol. The van der Waals surface area contributed by atoms with Gasteiger partial charge in [0.25, 0.3) is 0 Å². The van der Waals surface area contributed by atoms with Crippen LogP contribution in [-0.2, 0) is 4.74 Å². The SMILES string of the molecule is COCCOc1ccc(-c2ccc(-c3nnc(-c4ccc(C(=O)On5nnc6ccccc65)cc4)s3)cc2)cc1. The molecular weight excluding hydrogens is 526 g/mol. The van der Waals surface area contributed by atoms with Gasteiger partial charge in [0.2, 0.25) is 0 Å². The van der Waals surface area contributed by atoms with E-state index in [-0.39, 0.29) is 0 Å². The second-order valence-corrected chi connectivity index (χ2v) is 9.74. The summed E-state index contributed by atoms with van der Waals surface area (Å²) in [5.41, 5.74) is 5.67. The van der Waals surface area contributed by atoms with Gasteiger partial charge >= 0.3 is 5.97 Å². The predicted octanol–water partition coefficient (Wildman–Crippen LogP) is 5.58. The van der Waals surface area contributed by atoms with E-state index in [4.69, 9.17) is 14.3 Å². The van der Waals surface area contributed by atoms with E-state index in [9.17, 15) is 4.79 Å².